The number of ketones is 1. The fraction of sp³-hybridized carbons (Fsp3) is 0.429. The number of carboxylic acids is 1. The highest BCUT2D eigenvalue weighted by Gasteiger charge is 2.57. The molecule has 3 amide bonds. The number of rotatable bonds is 6. The summed E-state index contributed by atoms with van der Waals surface area (Å²) in [6.45, 7) is 0. The van der Waals surface area contributed by atoms with E-state index in [4.69, 9.17) is 16.7 Å². The number of hydrogen-bond donors (Lipinski definition) is 3. The lowest BCUT2D eigenvalue weighted by Crippen LogP contribution is -2.76. The van der Waals surface area contributed by atoms with E-state index in [1.165, 1.54) is 6.20 Å². The SMILES string of the molecule is O=C(CCl)Nc1ncc(CC(=O)NC2C(=O)N3C(C(=O)O)C(=O)CS[C@@H]23)s1. The summed E-state index contributed by atoms with van der Waals surface area (Å²) in [7, 11) is 0. The Morgan fingerprint density at radius 2 is 2.07 bits per heavy atom. The van der Waals surface area contributed by atoms with Gasteiger partial charge in [0.1, 0.15) is 17.3 Å². The van der Waals surface area contributed by atoms with Crippen molar-refractivity contribution in [1.82, 2.24) is 15.2 Å². The largest absolute Gasteiger partial charge is 0.479 e. The maximum atomic E-state index is 12.2. The zero-order valence-corrected chi connectivity index (χ0v) is 15.9. The minimum atomic E-state index is -1.49. The third-order valence-corrected chi connectivity index (χ3v) is 6.31. The van der Waals surface area contributed by atoms with Crippen LogP contribution in [0.4, 0.5) is 5.13 Å². The van der Waals surface area contributed by atoms with Gasteiger partial charge in [-0.3, -0.25) is 19.2 Å². The molecule has 2 aliphatic heterocycles. The molecule has 0 bridgehead atoms. The molecule has 2 unspecified atom stereocenters. The number of nitrogens with zero attached hydrogens (tertiary/aromatic N) is 2. The van der Waals surface area contributed by atoms with Crippen LogP contribution >= 0.6 is 34.7 Å². The summed E-state index contributed by atoms with van der Waals surface area (Å²) in [4.78, 5) is 64.1. The molecule has 2 fully saturated rings. The van der Waals surface area contributed by atoms with E-state index in [1.54, 1.807) is 0 Å². The zero-order chi connectivity index (χ0) is 19.7. The highest BCUT2D eigenvalue weighted by atomic mass is 35.5. The van der Waals surface area contributed by atoms with E-state index in [-0.39, 0.29) is 18.1 Å². The van der Waals surface area contributed by atoms with Gasteiger partial charge in [0.05, 0.1) is 12.2 Å². The number of carbonyl (C=O) groups is 5. The minimum absolute atomic E-state index is 0.0315. The molecule has 2 saturated heterocycles. The van der Waals surface area contributed by atoms with Crippen LogP contribution in [0, 0.1) is 0 Å². The van der Waals surface area contributed by atoms with Crippen LogP contribution in [0.15, 0.2) is 6.20 Å². The summed E-state index contributed by atoms with van der Waals surface area (Å²) >= 11 is 7.61. The highest BCUT2D eigenvalue weighted by molar-refractivity contribution is 8.00. The molecule has 3 heterocycles. The van der Waals surface area contributed by atoms with Crippen molar-refractivity contribution in [2.24, 2.45) is 0 Å². The number of nitrogens with one attached hydrogen (secondary N) is 2. The van der Waals surface area contributed by atoms with Gasteiger partial charge in [0.2, 0.25) is 17.7 Å². The van der Waals surface area contributed by atoms with E-state index in [0.29, 0.717) is 10.0 Å². The molecule has 0 spiro atoms. The van der Waals surface area contributed by atoms with Crippen LogP contribution in [0.1, 0.15) is 4.88 Å². The van der Waals surface area contributed by atoms with E-state index in [9.17, 15) is 24.0 Å². The Bertz CT molecular complexity index is 830. The van der Waals surface area contributed by atoms with Gasteiger partial charge in [-0.25, -0.2) is 9.78 Å². The summed E-state index contributed by atoms with van der Waals surface area (Å²) in [6, 6.07) is -2.37. The van der Waals surface area contributed by atoms with Crippen LogP contribution in [0.2, 0.25) is 0 Å². The van der Waals surface area contributed by atoms with Crippen LogP contribution in [0.5, 0.6) is 0 Å². The molecule has 10 nitrogen and oxygen atoms in total. The smallest absolute Gasteiger partial charge is 0.334 e. The third kappa shape index (κ3) is 3.92. The zero-order valence-electron chi connectivity index (χ0n) is 13.5. The van der Waals surface area contributed by atoms with Gasteiger partial charge in [-0.1, -0.05) is 0 Å². The van der Waals surface area contributed by atoms with Crippen molar-refractivity contribution in [3.05, 3.63) is 11.1 Å². The summed E-state index contributed by atoms with van der Waals surface area (Å²) in [5.41, 5.74) is 0. The van der Waals surface area contributed by atoms with Crippen molar-refractivity contribution in [3.63, 3.8) is 0 Å². The average molecular weight is 433 g/mol. The first-order chi connectivity index (χ1) is 12.8. The Labute approximate surface area is 165 Å². The molecule has 0 aliphatic carbocycles. The number of anilines is 1. The predicted octanol–water partition coefficient (Wildman–Crippen LogP) is -0.715. The Morgan fingerprint density at radius 1 is 1.33 bits per heavy atom. The number of alkyl halides is 1. The standard InChI is InChI=1S/C14H13ClN4O6S2/c15-2-8(22)18-14-16-3-5(27-14)1-7(21)17-9-11(23)19-10(13(24)25)6(20)4-26-12(9)19/h3,9-10,12H,1-2,4H2,(H,17,21)(H,24,25)(H,16,18,22)/t9?,10?,12-/m0/s1. The summed E-state index contributed by atoms with van der Waals surface area (Å²) in [5.74, 6) is -3.63. The second-order valence-electron chi connectivity index (χ2n) is 5.69. The second kappa shape index (κ2) is 7.82. The molecule has 3 atom stereocenters. The van der Waals surface area contributed by atoms with Crippen molar-refractivity contribution < 1.29 is 29.1 Å². The lowest BCUT2D eigenvalue weighted by Gasteiger charge is -2.51. The molecule has 0 aromatic carbocycles. The Kier molecular flexibility index (Phi) is 5.67. The normalized spacial score (nSPS) is 24.0. The lowest BCUT2D eigenvalue weighted by atomic mass is 10.0. The average Bonchev–Trinajstić information content (AvgIpc) is 3.05. The Hall–Kier alpha value is -2.18. The molecule has 3 N–H and O–H groups in total. The number of halogens is 1. The highest BCUT2D eigenvalue weighted by Crippen LogP contribution is 2.36. The minimum Gasteiger partial charge on any atom is -0.479 e. The predicted molar refractivity (Wildman–Crippen MR) is 96.6 cm³/mol. The molecule has 0 saturated carbocycles. The quantitative estimate of drug-likeness (QED) is 0.303. The fourth-order valence-electron chi connectivity index (χ4n) is 2.71. The van der Waals surface area contributed by atoms with Crippen molar-refractivity contribution in [2.75, 3.05) is 16.9 Å². The summed E-state index contributed by atoms with van der Waals surface area (Å²) < 4.78 is 0. The molecule has 2 aliphatic rings. The number of thiazole rings is 1. The molecule has 144 valence electrons. The van der Waals surface area contributed by atoms with Crippen molar-refractivity contribution >= 4 is 69.3 Å². The number of Topliss-reactive ketones (excluding diaryl/α,β-unsaturated/α-hetero) is 1. The molecule has 3 rings (SSSR count). The van der Waals surface area contributed by atoms with Crippen LogP contribution < -0.4 is 10.6 Å². The monoisotopic (exact) mass is 432 g/mol. The van der Waals surface area contributed by atoms with E-state index in [2.05, 4.69) is 15.6 Å². The molecule has 27 heavy (non-hydrogen) atoms. The summed E-state index contributed by atoms with van der Waals surface area (Å²) in [6.07, 6.45) is 1.37. The van der Waals surface area contributed by atoms with Crippen molar-refractivity contribution in [2.45, 2.75) is 23.9 Å². The maximum Gasteiger partial charge on any atom is 0.334 e. The van der Waals surface area contributed by atoms with Gasteiger partial charge in [-0.05, 0) is 0 Å². The van der Waals surface area contributed by atoms with Gasteiger partial charge >= 0.3 is 5.97 Å². The van der Waals surface area contributed by atoms with Gasteiger partial charge in [0.25, 0.3) is 0 Å². The van der Waals surface area contributed by atoms with Crippen molar-refractivity contribution in [1.29, 1.82) is 0 Å². The maximum absolute atomic E-state index is 12.2. The van der Waals surface area contributed by atoms with E-state index in [0.717, 1.165) is 28.0 Å². The first-order valence-corrected chi connectivity index (χ1v) is 10.0. The number of carbonyl (C=O) groups excluding carboxylic acids is 4. The van der Waals surface area contributed by atoms with Crippen molar-refractivity contribution in [3.8, 4) is 0 Å². The number of fused-ring (bicyclic) bond motifs is 1. The molecule has 13 heteroatoms. The van der Waals surface area contributed by atoms with Gasteiger partial charge in [-0.2, -0.15) is 0 Å². The van der Waals surface area contributed by atoms with Crippen LogP contribution in [0.3, 0.4) is 0 Å². The van der Waals surface area contributed by atoms with Gasteiger partial charge in [-0.15, -0.1) is 34.7 Å². The van der Waals surface area contributed by atoms with Crippen LogP contribution in [0.25, 0.3) is 0 Å². The number of amides is 3. The topological polar surface area (TPSA) is 146 Å². The van der Waals surface area contributed by atoms with E-state index >= 15 is 0 Å². The van der Waals surface area contributed by atoms with Crippen LogP contribution in [-0.2, 0) is 30.4 Å². The Balaban J connectivity index is 1.58. The molecule has 1 aromatic heterocycles. The number of hydrogen-bond acceptors (Lipinski definition) is 8. The van der Waals surface area contributed by atoms with E-state index in [1.807, 2.05) is 0 Å². The molecular weight excluding hydrogens is 420 g/mol. The summed E-state index contributed by atoms with van der Waals surface area (Å²) in [5, 5.41) is 13.9. The first kappa shape index (κ1) is 19.6. The Morgan fingerprint density at radius 3 is 2.74 bits per heavy atom. The lowest BCUT2D eigenvalue weighted by molar-refractivity contribution is -0.165. The number of aliphatic carboxylic acids is 1. The number of aromatic nitrogens is 1. The molecule has 0 radical (unpaired) electrons. The third-order valence-electron chi connectivity index (χ3n) is 3.87. The molecule has 1 aromatic rings. The molecular formula is C14H13ClN4O6S2. The van der Waals surface area contributed by atoms with Crippen LogP contribution in [-0.4, -0.2) is 73.6 Å². The van der Waals surface area contributed by atoms with E-state index < -0.39 is 46.9 Å². The van der Waals surface area contributed by atoms with Gasteiger partial charge in [0, 0.05) is 11.1 Å². The fourth-order valence-corrected chi connectivity index (χ4v) is 4.86. The first-order valence-electron chi connectivity index (χ1n) is 7.61. The number of carboxylic acid groups (broad SMARTS) is 1. The number of thioether (sulfide) groups is 1. The number of β-lactam (4-membered cyclic amide) rings is 1. The van der Waals surface area contributed by atoms with Gasteiger partial charge in [0.15, 0.2) is 17.0 Å². The second-order valence-corrected chi connectivity index (χ2v) is 8.18. The van der Waals surface area contributed by atoms with Gasteiger partial charge < -0.3 is 20.6 Å².